The standard InChI is InChI=1S/C9H16O3/c1-3-10-4-2-8(1)5-11-6-9-7-12-9/h8-9H,1-7H2. The zero-order chi connectivity index (χ0) is 8.23. The van der Waals surface area contributed by atoms with E-state index in [2.05, 4.69) is 0 Å². The van der Waals surface area contributed by atoms with Gasteiger partial charge in [0.15, 0.2) is 0 Å². The molecule has 0 N–H and O–H groups in total. The first kappa shape index (κ1) is 8.48. The van der Waals surface area contributed by atoms with Crippen molar-refractivity contribution < 1.29 is 14.2 Å². The smallest absolute Gasteiger partial charge is 0.104 e. The normalized spacial score (nSPS) is 30.5. The Morgan fingerprint density at radius 2 is 1.92 bits per heavy atom. The molecule has 2 aliphatic heterocycles. The maximum Gasteiger partial charge on any atom is 0.104 e. The van der Waals surface area contributed by atoms with Gasteiger partial charge in [0.25, 0.3) is 0 Å². The number of ether oxygens (including phenoxy) is 3. The van der Waals surface area contributed by atoms with Crippen LogP contribution in [-0.4, -0.2) is 39.1 Å². The summed E-state index contributed by atoms with van der Waals surface area (Å²) < 4.78 is 15.8. The Morgan fingerprint density at radius 1 is 1.17 bits per heavy atom. The third-order valence-corrected chi connectivity index (χ3v) is 2.40. The van der Waals surface area contributed by atoms with Gasteiger partial charge in [-0.1, -0.05) is 0 Å². The summed E-state index contributed by atoms with van der Waals surface area (Å²) in [5, 5.41) is 0. The fourth-order valence-corrected chi connectivity index (χ4v) is 1.44. The molecule has 70 valence electrons. The highest BCUT2D eigenvalue weighted by atomic mass is 16.6. The monoisotopic (exact) mass is 172 g/mol. The van der Waals surface area contributed by atoms with E-state index in [0.717, 1.165) is 51.8 Å². The topological polar surface area (TPSA) is 31.0 Å². The third-order valence-electron chi connectivity index (χ3n) is 2.40. The number of epoxide rings is 1. The van der Waals surface area contributed by atoms with Crippen LogP contribution < -0.4 is 0 Å². The van der Waals surface area contributed by atoms with Crippen LogP contribution in [0.1, 0.15) is 12.8 Å². The maximum absolute atomic E-state index is 5.52. The minimum absolute atomic E-state index is 0.407. The SMILES string of the molecule is C1CC(COCC2CO2)CCO1. The van der Waals surface area contributed by atoms with Crippen LogP contribution in [0.25, 0.3) is 0 Å². The van der Waals surface area contributed by atoms with Crippen molar-refractivity contribution in [2.75, 3.05) is 33.0 Å². The van der Waals surface area contributed by atoms with E-state index in [1.807, 2.05) is 0 Å². The van der Waals surface area contributed by atoms with E-state index >= 15 is 0 Å². The second-order valence-corrected chi connectivity index (χ2v) is 3.55. The number of hydrogen-bond donors (Lipinski definition) is 0. The van der Waals surface area contributed by atoms with E-state index in [-0.39, 0.29) is 0 Å². The molecule has 12 heavy (non-hydrogen) atoms. The van der Waals surface area contributed by atoms with E-state index in [1.165, 1.54) is 0 Å². The van der Waals surface area contributed by atoms with Crippen LogP contribution in [0.4, 0.5) is 0 Å². The molecule has 3 heteroatoms. The van der Waals surface area contributed by atoms with Gasteiger partial charge in [-0.05, 0) is 18.8 Å². The quantitative estimate of drug-likeness (QED) is 0.588. The molecular weight excluding hydrogens is 156 g/mol. The number of rotatable bonds is 4. The lowest BCUT2D eigenvalue weighted by molar-refractivity contribution is 0.0172. The first-order chi connectivity index (χ1) is 5.95. The van der Waals surface area contributed by atoms with Crippen LogP contribution in [-0.2, 0) is 14.2 Å². The van der Waals surface area contributed by atoms with Gasteiger partial charge in [-0.3, -0.25) is 0 Å². The highest BCUT2D eigenvalue weighted by Crippen LogP contribution is 2.16. The molecule has 0 aromatic heterocycles. The molecule has 0 aromatic carbocycles. The summed E-state index contributed by atoms with van der Waals surface area (Å²) in [6.45, 7) is 4.40. The molecule has 0 aliphatic carbocycles. The third kappa shape index (κ3) is 2.73. The second-order valence-electron chi connectivity index (χ2n) is 3.55. The maximum atomic E-state index is 5.52. The molecule has 2 fully saturated rings. The van der Waals surface area contributed by atoms with Crippen LogP contribution in [0.15, 0.2) is 0 Å². The van der Waals surface area contributed by atoms with Crippen LogP contribution in [0, 0.1) is 5.92 Å². The average molecular weight is 172 g/mol. The first-order valence-electron chi connectivity index (χ1n) is 4.72. The summed E-state index contributed by atoms with van der Waals surface area (Å²) in [7, 11) is 0. The van der Waals surface area contributed by atoms with E-state index in [1.54, 1.807) is 0 Å². The lowest BCUT2D eigenvalue weighted by Gasteiger charge is -2.21. The predicted octanol–water partition coefficient (Wildman–Crippen LogP) is 0.828. The average Bonchev–Trinajstić information content (AvgIpc) is 2.90. The number of hydrogen-bond acceptors (Lipinski definition) is 3. The summed E-state index contributed by atoms with van der Waals surface area (Å²) in [5.74, 6) is 0.720. The van der Waals surface area contributed by atoms with Gasteiger partial charge in [0, 0.05) is 19.8 Å². The van der Waals surface area contributed by atoms with E-state index < -0.39 is 0 Å². The largest absolute Gasteiger partial charge is 0.381 e. The van der Waals surface area contributed by atoms with Crippen molar-refractivity contribution in [3.05, 3.63) is 0 Å². The van der Waals surface area contributed by atoms with Crippen molar-refractivity contribution in [3.63, 3.8) is 0 Å². The molecule has 2 aliphatic rings. The molecule has 1 unspecified atom stereocenters. The van der Waals surface area contributed by atoms with Gasteiger partial charge in [0.1, 0.15) is 6.10 Å². The van der Waals surface area contributed by atoms with Gasteiger partial charge in [0.2, 0.25) is 0 Å². The Bertz CT molecular complexity index is 128. The molecule has 3 nitrogen and oxygen atoms in total. The Morgan fingerprint density at radius 3 is 2.58 bits per heavy atom. The van der Waals surface area contributed by atoms with Crippen molar-refractivity contribution in [1.82, 2.24) is 0 Å². The molecule has 0 saturated carbocycles. The van der Waals surface area contributed by atoms with Gasteiger partial charge < -0.3 is 14.2 Å². The molecule has 0 bridgehead atoms. The van der Waals surface area contributed by atoms with E-state index in [4.69, 9.17) is 14.2 Å². The highest BCUT2D eigenvalue weighted by molar-refractivity contribution is 4.68. The Hall–Kier alpha value is -0.120. The summed E-state index contributed by atoms with van der Waals surface area (Å²) in [5.41, 5.74) is 0. The lowest BCUT2D eigenvalue weighted by atomic mass is 10.0. The Labute approximate surface area is 73.0 Å². The highest BCUT2D eigenvalue weighted by Gasteiger charge is 2.23. The summed E-state index contributed by atoms with van der Waals surface area (Å²) in [6.07, 6.45) is 2.72. The minimum atomic E-state index is 0.407. The van der Waals surface area contributed by atoms with Crippen molar-refractivity contribution in [2.45, 2.75) is 18.9 Å². The van der Waals surface area contributed by atoms with Gasteiger partial charge in [-0.2, -0.15) is 0 Å². The van der Waals surface area contributed by atoms with Crippen molar-refractivity contribution in [2.24, 2.45) is 5.92 Å². The van der Waals surface area contributed by atoms with Gasteiger partial charge >= 0.3 is 0 Å². The van der Waals surface area contributed by atoms with Crippen molar-refractivity contribution in [3.8, 4) is 0 Å². The fourth-order valence-electron chi connectivity index (χ4n) is 1.44. The van der Waals surface area contributed by atoms with Gasteiger partial charge in [0.05, 0.1) is 13.2 Å². The summed E-state index contributed by atoms with van der Waals surface area (Å²) >= 11 is 0. The zero-order valence-electron chi connectivity index (χ0n) is 7.33. The van der Waals surface area contributed by atoms with Gasteiger partial charge in [-0.25, -0.2) is 0 Å². The molecular formula is C9H16O3. The second kappa shape index (κ2) is 4.21. The molecule has 0 aromatic rings. The van der Waals surface area contributed by atoms with Crippen LogP contribution in [0.3, 0.4) is 0 Å². The molecule has 2 heterocycles. The summed E-state index contributed by atoms with van der Waals surface area (Å²) in [4.78, 5) is 0. The fraction of sp³-hybridized carbons (Fsp3) is 1.00. The first-order valence-corrected chi connectivity index (χ1v) is 4.72. The molecule has 0 radical (unpaired) electrons. The van der Waals surface area contributed by atoms with Crippen molar-refractivity contribution in [1.29, 1.82) is 0 Å². The molecule has 2 rings (SSSR count). The zero-order valence-corrected chi connectivity index (χ0v) is 7.33. The molecule has 2 saturated heterocycles. The van der Waals surface area contributed by atoms with E-state index in [0.29, 0.717) is 6.10 Å². The molecule has 1 atom stereocenters. The predicted molar refractivity (Wildman–Crippen MR) is 44.1 cm³/mol. The van der Waals surface area contributed by atoms with Gasteiger partial charge in [-0.15, -0.1) is 0 Å². The van der Waals surface area contributed by atoms with Crippen LogP contribution in [0.2, 0.25) is 0 Å². The minimum Gasteiger partial charge on any atom is -0.381 e. The van der Waals surface area contributed by atoms with Crippen molar-refractivity contribution >= 4 is 0 Å². The Kier molecular flexibility index (Phi) is 2.98. The molecule has 0 spiro atoms. The molecule has 0 amide bonds. The van der Waals surface area contributed by atoms with Crippen LogP contribution in [0.5, 0.6) is 0 Å². The lowest BCUT2D eigenvalue weighted by Crippen LogP contribution is -2.21. The van der Waals surface area contributed by atoms with E-state index in [9.17, 15) is 0 Å². The Balaban J connectivity index is 1.52. The summed E-state index contributed by atoms with van der Waals surface area (Å²) in [6, 6.07) is 0. The van der Waals surface area contributed by atoms with Crippen LogP contribution >= 0.6 is 0 Å².